The number of imidazole rings is 1. The summed E-state index contributed by atoms with van der Waals surface area (Å²) in [6.45, 7) is 3.23. The van der Waals surface area contributed by atoms with Crippen molar-refractivity contribution in [3.63, 3.8) is 0 Å². The van der Waals surface area contributed by atoms with Gasteiger partial charge in [-0.2, -0.15) is 0 Å². The lowest BCUT2D eigenvalue weighted by Gasteiger charge is -2.32. The van der Waals surface area contributed by atoms with E-state index < -0.39 is 0 Å². The summed E-state index contributed by atoms with van der Waals surface area (Å²) < 4.78 is 16.5. The van der Waals surface area contributed by atoms with Gasteiger partial charge in [0.2, 0.25) is 6.79 Å². The van der Waals surface area contributed by atoms with Crippen LogP contribution in [0.15, 0.2) is 24.5 Å². The van der Waals surface area contributed by atoms with Crippen LogP contribution < -0.4 is 14.2 Å². The van der Waals surface area contributed by atoms with E-state index in [4.69, 9.17) is 14.2 Å². The lowest BCUT2D eigenvalue weighted by Crippen LogP contribution is -2.34. The molecule has 3 heterocycles. The van der Waals surface area contributed by atoms with Crippen molar-refractivity contribution in [2.45, 2.75) is 25.3 Å². The molecule has 23 heavy (non-hydrogen) atoms. The molecule has 1 aromatic carbocycles. The van der Waals surface area contributed by atoms with Gasteiger partial charge in [-0.1, -0.05) is 0 Å². The zero-order valence-corrected chi connectivity index (χ0v) is 13.2. The summed E-state index contributed by atoms with van der Waals surface area (Å²) in [7, 11) is 1.70. The van der Waals surface area contributed by atoms with E-state index in [1.807, 2.05) is 24.5 Å². The van der Waals surface area contributed by atoms with Gasteiger partial charge in [-0.25, -0.2) is 4.98 Å². The molecular weight excluding hydrogens is 294 g/mol. The lowest BCUT2D eigenvalue weighted by atomic mass is 9.97. The highest BCUT2D eigenvalue weighted by Gasteiger charge is 2.25. The predicted octanol–water partition coefficient (Wildman–Crippen LogP) is 2.53. The molecule has 1 atom stereocenters. The number of H-pyrrole nitrogens is 1. The van der Waals surface area contributed by atoms with Crippen LogP contribution in [-0.2, 0) is 6.54 Å². The minimum atomic E-state index is 0.284. The molecule has 2 aromatic rings. The highest BCUT2D eigenvalue weighted by atomic mass is 16.7. The highest BCUT2D eigenvalue weighted by molar-refractivity contribution is 5.51. The highest BCUT2D eigenvalue weighted by Crippen LogP contribution is 2.39. The number of benzene rings is 1. The summed E-state index contributed by atoms with van der Waals surface area (Å²) in [6.07, 6.45) is 6.09. The maximum absolute atomic E-state index is 5.53. The van der Waals surface area contributed by atoms with Gasteiger partial charge in [-0.3, -0.25) is 4.90 Å². The maximum atomic E-state index is 5.53. The molecule has 0 saturated carbocycles. The molecule has 0 spiro atoms. The Kier molecular flexibility index (Phi) is 3.83. The fraction of sp³-hybridized carbons (Fsp3) is 0.471. The molecule has 1 aromatic heterocycles. The number of hydrogen-bond acceptors (Lipinski definition) is 5. The molecule has 122 valence electrons. The molecule has 2 aliphatic rings. The molecule has 1 saturated heterocycles. The van der Waals surface area contributed by atoms with Crippen molar-refractivity contribution in [1.82, 2.24) is 14.9 Å². The van der Waals surface area contributed by atoms with Gasteiger partial charge < -0.3 is 19.2 Å². The van der Waals surface area contributed by atoms with E-state index in [2.05, 4.69) is 14.9 Å². The second kappa shape index (κ2) is 6.12. The molecule has 0 unspecified atom stereocenters. The van der Waals surface area contributed by atoms with Gasteiger partial charge in [0, 0.05) is 43.0 Å². The van der Waals surface area contributed by atoms with Crippen molar-refractivity contribution in [2.24, 2.45) is 0 Å². The Morgan fingerprint density at radius 3 is 3.00 bits per heavy atom. The van der Waals surface area contributed by atoms with Gasteiger partial charge >= 0.3 is 0 Å². The van der Waals surface area contributed by atoms with Crippen LogP contribution in [0.4, 0.5) is 0 Å². The summed E-state index contributed by atoms with van der Waals surface area (Å²) in [5.74, 6) is 3.98. The Morgan fingerprint density at radius 2 is 2.22 bits per heavy atom. The van der Waals surface area contributed by atoms with E-state index in [0.29, 0.717) is 5.92 Å². The number of nitrogens with one attached hydrogen (secondary N) is 1. The molecule has 1 fully saturated rings. The number of aromatic amines is 1. The molecule has 0 bridgehead atoms. The van der Waals surface area contributed by atoms with E-state index in [-0.39, 0.29) is 6.79 Å². The van der Waals surface area contributed by atoms with Gasteiger partial charge in [0.15, 0.2) is 11.5 Å². The number of rotatable bonds is 4. The fourth-order valence-corrected chi connectivity index (χ4v) is 3.44. The van der Waals surface area contributed by atoms with Gasteiger partial charge in [-0.05, 0) is 25.5 Å². The molecule has 4 rings (SSSR count). The summed E-state index contributed by atoms with van der Waals surface area (Å²) in [5.41, 5.74) is 1.14. The Morgan fingerprint density at radius 1 is 1.35 bits per heavy atom. The van der Waals surface area contributed by atoms with E-state index in [1.54, 1.807) is 7.11 Å². The Balaban J connectivity index is 1.51. The summed E-state index contributed by atoms with van der Waals surface area (Å²) in [4.78, 5) is 10.1. The van der Waals surface area contributed by atoms with Crippen LogP contribution in [0.2, 0.25) is 0 Å². The summed E-state index contributed by atoms with van der Waals surface area (Å²) in [6, 6.07) is 3.96. The number of aromatic nitrogens is 2. The average molecular weight is 315 g/mol. The number of ether oxygens (including phenoxy) is 3. The molecule has 1 N–H and O–H groups in total. The zero-order valence-electron chi connectivity index (χ0n) is 13.2. The van der Waals surface area contributed by atoms with Crippen molar-refractivity contribution in [1.29, 1.82) is 0 Å². The molecule has 0 amide bonds. The fourth-order valence-electron chi connectivity index (χ4n) is 3.44. The number of likely N-dealkylation sites (tertiary alicyclic amines) is 1. The first-order valence-corrected chi connectivity index (χ1v) is 8.01. The SMILES string of the molecule is COc1cc2c(cc1CN1CCC[C@H](c3ncc[nH]3)C1)OCO2. The maximum Gasteiger partial charge on any atom is 0.231 e. The monoisotopic (exact) mass is 315 g/mol. The standard InChI is InChI=1S/C17H21N3O3/c1-21-14-8-16-15(22-11-23-16)7-13(14)10-20-6-2-3-12(9-20)17-18-4-5-19-17/h4-5,7-8,12H,2-3,6,9-11H2,1H3,(H,18,19)/t12-/m0/s1. The minimum absolute atomic E-state index is 0.284. The number of hydrogen-bond donors (Lipinski definition) is 1. The summed E-state index contributed by atoms with van der Waals surface area (Å²) >= 11 is 0. The number of piperidine rings is 1. The third-order valence-electron chi connectivity index (χ3n) is 4.58. The van der Waals surface area contributed by atoms with Gasteiger partial charge in [0.1, 0.15) is 11.6 Å². The number of fused-ring (bicyclic) bond motifs is 1. The molecular formula is C17H21N3O3. The first kappa shape index (κ1) is 14.4. The predicted molar refractivity (Wildman–Crippen MR) is 85.0 cm³/mol. The molecule has 6 heteroatoms. The van der Waals surface area contributed by atoms with Gasteiger partial charge in [0.25, 0.3) is 0 Å². The largest absolute Gasteiger partial charge is 0.496 e. The van der Waals surface area contributed by atoms with E-state index in [0.717, 1.165) is 48.3 Å². The van der Waals surface area contributed by atoms with Crippen LogP contribution in [0, 0.1) is 0 Å². The van der Waals surface area contributed by atoms with Crippen LogP contribution in [-0.4, -0.2) is 41.9 Å². The normalized spacial score (nSPS) is 20.7. The summed E-state index contributed by atoms with van der Waals surface area (Å²) in [5, 5.41) is 0. The van der Waals surface area contributed by atoms with Crippen LogP contribution >= 0.6 is 0 Å². The van der Waals surface area contributed by atoms with E-state index in [1.165, 1.54) is 12.8 Å². The van der Waals surface area contributed by atoms with Crippen LogP contribution in [0.3, 0.4) is 0 Å². The molecule has 2 aliphatic heterocycles. The topological polar surface area (TPSA) is 59.6 Å². The zero-order chi connectivity index (χ0) is 15.6. The molecule has 0 aliphatic carbocycles. The molecule has 0 radical (unpaired) electrons. The Labute approximate surface area is 135 Å². The minimum Gasteiger partial charge on any atom is -0.496 e. The van der Waals surface area contributed by atoms with E-state index >= 15 is 0 Å². The van der Waals surface area contributed by atoms with Crippen molar-refractivity contribution in [2.75, 3.05) is 27.0 Å². The van der Waals surface area contributed by atoms with Crippen molar-refractivity contribution < 1.29 is 14.2 Å². The van der Waals surface area contributed by atoms with Gasteiger partial charge in [-0.15, -0.1) is 0 Å². The van der Waals surface area contributed by atoms with Crippen LogP contribution in [0.25, 0.3) is 0 Å². The smallest absolute Gasteiger partial charge is 0.231 e. The Bertz CT molecular complexity index is 672. The third kappa shape index (κ3) is 2.86. The van der Waals surface area contributed by atoms with Gasteiger partial charge in [0.05, 0.1) is 7.11 Å². The lowest BCUT2D eigenvalue weighted by molar-refractivity contribution is 0.173. The van der Waals surface area contributed by atoms with Crippen molar-refractivity contribution >= 4 is 0 Å². The van der Waals surface area contributed by atoms with Crippen LogP contribution in [0.5, 0.6) is 17.2 Å². The van der Waals surface area contributed by atoms with E-state index in [9.17, 15) is 0 Å². The number of nitrogens with zero attached hydrogens (tertiary/aromatic N) is 2. The quantitative estimate of drug-likeness (QED) is 0.939. The third-order valence-corrected chi connectivity index (χ3v) is 4.58. The first-order valence-electron chi connectivity index (χ1n) is 8.01. The van der Waals surface area contributed by atoms with Crippen molar-refractivity contribution in [3.8, 4) is 17.2 Å². The average Bonchev–Trinajstić information content (AvgIpc) is 3.25. The van der Waals surface area contributed by atoms with Crippen LogP contribution in [0.1, 0.15) is 30.1 Å². The van der Waals surface area contributed by atoms with Crippen molar-refractivity contribution in [3.05, 3.63) is 35.9 Å². The second-order valence-corrected chi connectivity index (χ2v) is 6.07. The second-order valence-electron chi connectivity index (χ2n) is 6.07. The first-order chi connectivity index (χ1) is 11.3. The Hall–Kier alpha value is -2.21. The number of methoxy groups -OCH3 is 1. The molecule has 6 nitrogen and oxygen atoms in total.